The predicted molar refractivity (Wildman–Crippen MR) is 102 cm³/mol. The van der Waals surface area contributed by atoms with Gasteiger partial charge in [0.15, 0.2) is 0 Å². The Morgan fingerprint density at radius 2 is 1.60 bits per heavy atom. The van der Waals surface area contributed by atoms with Crippen molar-refractivity contribution in [2.24, 2.45) is 0 Å². The van der Waals surface area contributed by atoms with Crippen LogP contribution in [0.3, 0.4) is 0 Å². The van der Waals surface area contributed by atoms with E-state index in [1.54, 1.807) is 6.07 Å². The Morgan fingerprint density at radius 3 is 2.24 bits per heavy atom. The first kappa shape index (κ1) is 17.5. The van der Waals surface area contributed by atoms with Crippen LogP contribution in [0.25, 0.3) is 0 Å². The zero-order valence-electron chi connectivity index (χ0n) is 13.2. The predicted octanol–water partition coefficient (Wildman–Crippen LogP) is 5.95. The molecule has 1 unspecified atom stereocenters. The molecule has 0 aliphatic rings. The summed E-state index contributed by atoms with van der Waals surface area (Å²) in [5.41, 5.74) is 0.965. The Balaban J connectivity index is 1.87. The Hall–Kier alpha value is -2.30. The van der Waals surface area contributed by atoms with Crippen LogP contribution in [0.4, 0.5) is 10.1 Å². The van der Waals surface area contributed by atoms with E-state index in [-0.39, 0.29) is 16.6 Å². The van der Waals surface area contributed by atoms with Gasteiger partial charge in [-0.1, -0.05) is 60.1 Å². The van der Waals surface area contributed by atoms with Gasteiger partial charge >= 0.3 is 0 Å². The maximum atomic E-state index is 14.0. The van der Waals surface area contributed by atoms with Gasteiger partial charge in [-0.05, 0) is 35.9 Å². The van der Waals surface area contributed by atoms with Crippen LogP contribution < -0.4 is 5.32 Å². The molecular weight excluding hydrogens is 357 g/mol. The Morgan fingerprint density at radius 1 is 0.960 bits per heavy atom. The highest BCUT2D eigenvalue weighted by Crippen LogP contribution is 2.36. The summed E-state index contributed by atoms with van der Waals surface area (Å²) in [7, 11) is 0. The summed E-state index contributed by atoms with van der Waals surface area (Å²) in [5, 5.41) is 2.45. The van der Waals surface area contributed by atoms with E-state index in [4.69, 9.17) is 11.6 Å². The summed E-state index contributed by atoms with van der Waals surface area (Å²) in [6.45, 7) is 0. The molecular formula is C20H15ClFNOS. The lowest BCUT2D eigenvalue weighted by atomic mass is 10.1. The molecule has 126 valence electrons. The summed E-state index contributed by atoms with van der Waals surface area (Å²) in [6, 6.07) is 23.3. The molecule has 1 atom stereocenters. The van der Waals surface area contributed by atoms with Gasteiger partial charge in [0.1, 0.15) is 11.1 Å². The number of amides is 1. The highest BCUT2D eigenvalue weighted by Gasteiger charge is 2.23. The second-order valence-electron chi connectivity index (χ2n) is 5.34. The highest BCUT2D eigenvalue weighted by molar-refractivity contribution is 8.00. The van der Waals surface area contributed by atoms with Crippen molar-refractivity contribution < 1.29 is 9.18 Å². The molecule has 2 nitrogen and oxygen atoms in total. The van der Waals surface area contributed by atoms with Crippen LogP contribution in [-0.2, 0) is 4.79 Å². The fourth-order valence-electron chi connectivity index (χ4n) is 2.33. The minimum absolute atomic E-state index is 0.115. The quantitative estimate of drug-likeness (QED) is 0.561. The van der Waals surface area contributed by atoms with Crippen molar-refractivity contribution >= 4 is 35.0 Å². The van der Waals surface area contributed by atoms with Gasteiger partial charge < -0.3 is 5.32 Å². The number of hydrogen-bond acceptors (Lipinski definition) is 2. The van der Waals surface area contributed by atoms with E-state index >= 15 is 0 Å². The molecule has 3 rings (SSSR count). The van der Waals surface area contributed by atoms with Crippen LogP contribution in [0.2, 0.25) is 5.02 Å². The van der Waals surface area contributed by atoms with Gasteiger partial charge in [-0.2, -0.15) is 0 Å². The van der Waals surface area contributed by atoms with Gasteiger partial charge in [0.2, 0.25) is 5.91 Å². The molecule has 0 fully saturated rings. The van der Waals surface area contributed by atoms with Crippen molar-refractivity contribution in [2.45, 2.75) is 10.1 Å². The summed E-state index contributed by atoms with van der Waals surface area (Å²) < 4.78 is 14.0. The third-order valence-corrected chi connectivity index (χ3v) is 5.03. The number of thioether (sulfide) groups is 1. The molecule has 0 heterocycles. The molecule has 1 N–H and O–H groups in total. The van der Waals surface area contributed by atoms with Crippen molar-refractivity contribution in [3.8, 4) is 0 Å². The van der Waals surface area contributed by atoms with Gasteiger partial charge in [0, 0.05) is 9.92 Å². The number of hydrogen-bond donors (Lipinski definition) is 1. The molecule has 0 bridgehead atoms. The summed E-state index contributed by atoms with van der Waals surface area (Å²) in [5.74, 6) is -0.848. The van der Waals surface area contributed by atoms with Gasteiger partial charge in [-0.15, -0.1) is 11.8 Å². The molecule has 0 aliphatic carbocycles. The van der Waals surface area contributed by atoms with E-state index in [0.717, 1.165) is 10.5 Å². The number of rotatable bonds is 5. The van der Waals surface area contributed by atoms with E-state index < -0.39 is 11.1 Å². The number of carbonyl (C=O) groups is 1. The highest BCUT2D eigenvalue weighted by atomic mass is 35.5. The average molecular weight is 372 g/mol. The number of benzene rings is 3. The normalized spacial score (nSPS) is 11.8. The average Bonchev–Trinajstić information content (AvgIpc) is 2.63. The molecule has 0 aromatic heterocycles. The number of halogens is 2. The Kier molecular flexibility index (Phi) is 5.74. The third kappa shape index (κ3) is 4.62. The summed E-state index contributed by atoms with van der Waals surface area (Å²) in [6.07, 6.45) is 0. The van der Waals surface area contributed by atoms with Crippen molar-refractivity contribution in [2.75, 3.05) is 5.32 Å². The zero-order chi connectivity index (χ0) is 17.6. The topological polar surface area (TPSA) is 29.1 Å². The van der Waals surface area contributed by atoms with E-state index in [0.29, 0.717) is 0 Å². The summed E-state index contributed by atoms with van der Waals surface area (Å²) in [4.78, 5) is 13.8. The molecule has 3 aromatic rings. The monoisotopic (exact) mass is 371 g/mol. The number of anilines is 1. The SMILES string of the molecule is O=C(Nc1ccc(Cl)cc1F)C(Sc1ccccc1)c1ccccc1. The van der Waals surface area contributed by atoms with Crippen LogP contribution in [0.15, 0.2) is 83.8 Å². The zero-order valence-corrected chi connectivity index (χ0v) is 14.7. The standard InChI is InChI=1S/C20H15ClFNOS/c21-15-11-12-18(17(22)13-15)23-20(24)19(14-7-3-1-4-8-14)25-16-9-5-2-6-10-16/h1-13,19H,(H,23,24). The smallest absolute Gasteiger partial charge is 0.242 e. The number of carbonyl (C=O) groups excluding carboxylic acids is 1. The molecule has 0 saturated heterocycles. The van der Waals surface area contributed by atoms with Crippen molar-refractivity contribution in [3.05, 3.63) is 95.3 Å². The largest absolute Gasteiger partial charge is 0.322 e. The molecule has 5 heteroatoms. The number of nitrogens with one attached hydrogen (secondary N) is 1. The summed E-state index contributed by atoms with van der Waals surface area (Å²) >= 11 is 7.18. The first-order valence-electron chi connectivity index (χ1n) is 7.66. The van der Waals surface area contributed by atoms with Crippen molar-refractivity contribution in [1.82, 2.24) is 0 Å². The fourth-order valence-corrected chi connectivity index (χ4v) is 3.53. The molecule has 0 aliphatic heterocycles. The lowest BCUT2D eigenvalue weighted by Gasteiger charge is -2.17. The second-order valence-corrected chi connectivity index (χ2v) is 6.95. The molecule has 0 saturated carbocycles. The molecule has 0 radical (unpaired) electrons. The fraction of sp³-hybridized carbons (Fsp3) is 0.0500. The van der Waals surface area contributed by atoms with Gasteiger partial charge in [-0.3, -0.25) is 4.79 Å². The van der Waals surface area contributed by atoms with E-state index in [2.05, 4.69) is 5.32 Å². The maximum absolute atomic E-state index is 14.0. The van der Waals surface area contributed by atoms with E-state index in [1.807, 2.05) is 60.7 Å². The van der Waals surface area contributed by atoms with Gasteiger partial charge in [-0.25, -0.2) is 4.39 Å². The maximum Gasteiger partial charge on any atom is 0.242 e. The molecule has 3 aromatic carbocycles. The molecule has 1 amide bonds. The van der Waals surface area contributed by atoms with Crippen LogP contribution in [-0.4, -0.2) is 5.91 Å². The second kappa shape index (κ2) is 8.19. The lowest BCUT2D eigenvalue weighted by Crippen LogP contribution is -2.19. The lowest BCUT2D eigenvalue weighted by molar-refractivity contribution is -0.115. The van der Waals surface area contributed by atoms with Crippen molar-refractivity contribution in [3.63, 3.8) is 0 Å². The Bertz CT molecular complexity index is 858. The minimum Gasteiger partial charge on any atom is -0.322 e. The third-order valence-electron chi connectivity index (χ3n) is 3.53. The first-order chi connectivity index (χ1) is 12.1. The van der Waals surface area contributed by atoms with Gasteiger partial charge in [0.05, 0.1) is 5.69 Å². The van der Waals surface area contributed by atoms with E-state index in [9.17, 15) is 9.18 Å². The van der Waals surface area contributed by atoms with Crippen LogP contribution in [0.1, 0.15) is 10.8 Å². The first-order valence-corrected chi connectivity index (χ1v) is 8.92. The van der Waals surface area contributed by atoms with Crippen molar-refractivity contribution in [1.29, 1.82) is 0 Å². The van der Waals surface area contributed by atoms with Crippen LogP contribution >= 0.6 is 23.4 Å². The molecule has 25 heavy (non-hydrogen) atoms. The minimum atomic E-state index is -0.558. The van der Waals surface area contributed by atoms with Gasteiger partial charge in [0.25, 0.3) is 0 Å². The van der Waals surface area contributed by atoms with Crippen LogP contribution in [0.5, 0.6) is 0 Å². The van der Waals surface area contributed by atoms with E-state index in [1.165, 1.54) is 23.9 Å². The Labute approximate surface area is 155 Å². The van der Waals surface area contributed by atoms with Crippen LogP contribution in [0, 0.1) is 5.82 Å². The molecule has 0 spiro atoms.